The predicted molar refractivity (Wildman–Crippen MR) is 37.9 cm³/mol. The summed E-state index contributed by atoms with van der Waals surface area (Å²) >= 11 is 0. The maximum absolute atomic E-state index is 4.98. The molecule has 1 atom stereocenters. The van der Waals surface area contributed by atoms with Crippen LogP contribution in [-0.2, 0) is 4.84 Å². The lowest BCUT2D eigenvalue weighted by molar-refractivity contribution is 0.0662. The van der Waals surface area contributed by atoms with E-state index in [4.69, 9.17) is 5.90 Å². The second-order valence-corrected chi connectivity index (χ2v) is 2.06. The summed E-state index contributed by atoms with van der Waals surface area (Å²) in [7, 11) is 0. The lowest BCUT2D eigenvalue weighted by Gasteiger charge is -2.06. The molecule has 3 heteroatoms. The molecule has 0 aliphatic heterocycles. The van der Waals surface area contributed by atoms with Gasteiger partial charge in [-0.05, 0) is 13.0 Å². The maximum Gasteiger partial charge on any atom is 0.102 e. The summed E-state index contributed by atoms with van der Waals surface area (Å²) in [6, 6.07) is 3.77. The average molecular weight is 138 g/mol. The van der Waals surface area contributed by atoms with Crippen molar-refractivity contribution < 1.29 is 4.84 Å². The molecule has 0 aliphatic carbocycles. The number of pyridine rings is 1. The molecule has 10 heavy (non-hydrogen) atoms. The quantitative estimate of drug-likeness (QED) is 0.621. The molecule has 2 N–H and O–H groups in total. The molecule has 3 nitrogen and oxygen atoms in total. The number of hydrogen-bond acceptors (Lipinski definition) is 3. The first kappa shape index (κ1) is 7.18. The first-order valence-electron chi connectivity index (χ1n) is 3.10. The van der Waals surface area contributed by atoms with Crippen molar-refractivity contribution in [2.45, 2.75) is 13.0 Å². The zero-order valence-electron chi connectivity index (χ0n) is 5.82. The number of hydrogen-bond donors (Lipinski definition) is 1. The van der Waals surface area contributed by atoms with E-state index >= 15 is 0 Å². The van der Waals surface area contributed by atoms with Gasteiger partial charge in [0.1, 0.15) is 6.10 Å². The smallest absolute Gasteiger partial charge is 0.102 e. The molecule has 54 valence electrons. The Kier molecular flexibility index (Phi) is 2.36. The van der Waals surface area contributed by atoms with Crippen LogP contribution in [0, 0.1) is 0 Å². The molecule has 1 rings (SSSR count). The van der Waals surface area contributed by atoms with Crippen molar-refractivity contribution in [3.05, 3.63) is 30.1 Å². The van der Waals surface area contributed by atoms with Crippen LogP contribution in [0.1, 0.15) is 18.6 Å². The van der Waals surface area contributed by atoms with Crippen LogP contribution < -0.4 is 5.90 Å². The Hall–Kier alpha value is -0.930. The Morgan fingerprint density at radius 1 is 1.70 bits per heavy atom. The topological polar surface area (TPSA) is 48.1 Å². The van der Waals surface area contributed by atoms with Gasteiger partial charge in [-0.2, -0.15) is 0 Å². The summed E-state index contributed by atoms with van der Waals surface area (Å²) < 4.78 is 0. The Morgan fingerprint density at radius 2 is 2.50 bits per heavy atom. The van der Waals surface area contributed by atoms with Gasteiger partial charge in [0, 0.05) is 18.0 Å². The maximum atomic E-state index is 4.98. The monoisotopic (exact) mass is 138 g/mol. The van der Waals surface area contributed by atoms with E-state index in [1.807, 2.05) is 19.1 Å². The van der Waals surface area contributed by atoms with E-state index in [-0.39, 0.29) is 6.10 Å². The van der Waals surface area contributed by atoms with Gasteiger partial charge in [-0.3, -0.25) is 9.82 Å². The van der Waals surface area contributed by atoms with Gasteiger partial charge in [0.15, 0.2) is 0 Å². The van der Waals surface area contributed by atoms with Crippen LogP contribution in [0.25, 0.3) is 0 Å². The molecular formula is C7H10N2O. The van der Waals surface area contributed by atoms with Crippen LogP contribution in [-0.4, -0.2) is 4.98 Å². The molecule has 0 saturated carbocycles. The molecule has 0 fully saturated rings. The van der Waals surface area contributed by atoms with E-state index in [9.17, 15) is 0 Å². The summed E-state index contributed by atoms with van der Waals surface area (Å²) in [4.78, 5) is 8.51. The van der Waals surface area contributed by atoms with E-state index in [1.54, 1.807) is 12.4 Å². The van der Waals surface area contributed by atoms with Gasteiger partial charge >= 0.3 is 0 Å². The van der Waals surface area contributed by atoms with Crippen molar-refractivity contribution >= 4 is 0 Å². The van der Waals surface area contributed by atoms with Crippen molar-refractivity contribution in [2.75, 3.05) is 0 Å². The molecule has 0 spiro atoms. The summed E-state index contributed by atoms with van der Waals surface area (Å²) in [5, 5.41) is 0. The highest BCUT2D eigenvalue weighted by molar-refractivity contribution is 5.10. The highest BCUT2D eigenvalue weighted by atomic mass is 16.6. The molecule has 1 unspecified atom stereocenters. The van der Waals surface area contributed by atoms with Gasteiger partial charge < -0.3 is 0 Å². The molecule has 1 aromatic rings. The number of nitrogens with zero attached hydrogens (tertiary/aromatic N) is 1. The Morgan fingerprint density at radius 3 is 3.00 bits per heavy atom. The second kappa shape index (κ2) is 3.29. The van der Waals surface area contributed by atoms with E-state index < -0.39 is 0 Å². The van der Waals surface area contributed by atoms with Crippen molar-refractivity contribution in [3.63, 3.8) is 0 Å². The normalized spacial score (nSPS) is 13.0. The van der Waals surface area contributed by atoms with Crippen LogP contribution in [0.2, 0.25) is 0 Å². The molecule has 0 aromatic carbocycles. The number of nitrogens with two attached hydrogens (primary N) is 1. The predicted octanol–water partition coefficient (Wildman–Crippen LogP) is 1.03. The summed E-state index contributed by atoms with van der Waals surface area (Å²) in [5.41, 5.74) is 0.991. The fourth-order valence-electron chi connectivity index (χ4n) is 0.695. The molecule has 0 bridgehead atoms. The zero-order valence-corrected chi connectivity index (χ0v) is 5.82. The third-order valence-electron chi connectivity index (χ3n) is 1.36. The SMILES string of the molecule is CC(ON)c1cccnc1. The van der Waals surface area contributed by atoms with E-state index in [0.29, 0.717) is 0 Å². The lowest BCUT2D eigenvalue weighted by Crippen LogP contribution is -2.05. The van der Waals surface area contributed by atoms with Crippen LogP contribution in [0.3, 0.4) is 0 Å². The summed E-state index contributed by atoms with van der Waals surface area (Å²) in [5.74, 6) is 4.98. The standard InChI is InChI=1S/C7H10N2O/c1-6(10-8)7-3-2-4-9-5-7/h2-6H,8H2,1H3. The third kappa shape index (κ3) is 1.52. The minimum atomic E-state index is -0.0753. The molecule has 0 radical (unpaired) electrons. The van der Waals surface area contributed by atoms with E-state index in [1.165, 1.54) is 0 Å². The van der Waals surface area contributed by atoms with Gasteiger partial charge in [0.25, 0.3) is 0 Å². The van der Waals surface area contributed by atoms with Crippen LogP contribution in [0.5, 0.6) is 0 Å². The van der Waals surface area contributed by atoms with E-state index in [0.717, 1.165) is 5.56 Å². The molecule has 0 amide bonds. The Bertz CT molecular complexity index is 188. The van der Waals surface area contributed by atoms with Crippen molar-refractivity contribution in [3.8, 4) is 0 Å². The lowest BCUT2D eigenvalue weighted by atomic mass is 10.2. The van der Waals surface area contributed by atoms with Crippen LogP contribution >= 0.6 is 0 Å². The Labute approximate surface area is 59.8 Å². The minimum absolute atomic E-state index is 0.0753. The first-order chi connectivity index (χ1) is 4.84. The summed E-state index contributed by atoms with van der Waals surface area (Å²) in [6.45, 7) is 1.87. The number of rotatable bonds is 2. The first-order valence-corrected chi connectivity index (χ1v) is 3.10. The molecule has 1 heterocycles. The molecule has 0 aliphatic rings. The molecular weight excluding hydrogens is 128 g/mol. The van der Waals surface area contributed by atoms with E-state index in [2.05, 4.69) is 9.82 Å². The highest BCUT2D eigenvalue weighted by Gasteiger charge is 2.01. The molecule has 1 aromatic heterocycles. The third-order valence-corrected chi connectivity index (χ3v) is 1.36. The fraction of sp³-hybridized carbons (Fsp3) is 0.286. The minimum Gasteiger partial charge on any atom is -0.297 e. The van der Waals surface area contributed by atoms with Crippen molar-refractivity contribution in [2.24, 2.45) is 5.90 Å². The second-order valence-electron chi connectivity index (χ2n) is 2.06. The van der Waals surface area contributed by atoms with Gasteiger partial charge in [0.05, 0.1) is 0 Å². The van der Waals surface area contributed by atoms with Gasteiger partial charge in [-0.15, -0.1) is 0 Å². The fourth-order valence-corrected chi connectivity index (χ4v) is 0.695. The zero-order chi connectivity index (χ0) is 7.40. The van der Waals surface area contributed by atoms with Crippen LogP contribution in [0.4, 0.5) is 0 Å². The van der Waals surface area contributed by atoms with Gasteiger partial charge in [-0.1, -0.05) is 6.07 Å². The van der Waals surface area contributed by atoms with Crippen molar-refractivity contribution in [1.29, 1.82) is 0 Å². The number of aromatic nitrogens is 1. The van der Waals surface area contributed by atoms with Crippen molar-refractivity contribution in [1.82, 2.24) is 4.98 Å². The highest BCUT2D eigenvalue weighted by Crippen LogP contribution is 2.11. The van der Waals surface area contributed by atoms with Crippen LogP contribution in [0.15, 0.2) is 24.5 Å². The van der Waals surface area contributed by atoms with Gasteiger partial charge in [0.2, 0.25) is 0 Å². The largest absolute Gasteiger partial charge is 0.297 e. The van der Waals surface area contributed by atoms with Gasteiger partial charge in [-0.25, -0.2) is 5.90 Å². The molecule has 0 saturated heterocycles. The Balaban J connectivity index is 2.75. The summed E-state index contributed by atoms with van der Waals surface area (Å²) in [6.07, 6.45) is 3.37. The average Bonchev–Trinajstić information content (AvgIpc) is 2.05.